The Hall–Kier alpha value is -0.430. The van der Waals surface area contributed by atoms with Gasteiger partial charge in [0.2, 0.25) is 0 Å². The standard InChI is InChI=1S/C9H18O5S2/c1-7(2)8(6-10)5-9(15(3,11)12)16(4,13)14/h6-9H,5H2,1-4H3/t8-/m1/s1. The van der Waals surface area contributed by atoms with Gasteiger partial charge in [0.15, 0.2) is 24.3 Å². The molecule has 0 unspecified atom stereocenters. The van der Waals surface area contributed by atoms with Crippen molar-refractivity contribution in [3.63, 3.8) is 0 Å². The van der Waals surface area contributed by atoms with Crippen LogP contribution in [-0.2, 0) is 24.5 Å². The van der Waals surface area contributed by atoms with Crippen LogP contribution < -0.4 is 0 Å². The van der Waals surface area contributed by atoms with Gasteiger partial charge in [-0.15, -0.1) is 0 Å². The molecule has 0 heterocycles. The fourth-order valence-corrected chi connectivity index (χ4v) is 5.06. The number of hydrogen-bond acceptors (Lipinski definition) is 5. The molecule has 96 valence electrons. The summed E-state index contributed by atoms with van der Waals surface area (Å²) < 4.78 is 43.9. The van der Waals surface area contributed by atoms with E-state index in [0.29, 0.717) is 6.29 Å². The van der Waals surface area contributed by atoms with Gasteiger partial charge in [0.25, 0.3) is 0 Å². The van der Waals surface area contributed by atoms with Gasteiger partial charge in [-0.05, 0) is 12.3 Å². The molecule has 0 bridgehead atoms. The van der Waals surface area contributed by atoms with Crippen LogP contribution in [-0.4, -0.2) is 40.2 Å². The molecule has 0 aromatic heterocycles. The largest absolute Gasteiger partial charge is 0.303 e. The number of carbonyl (C=O) groups is 1. The highest BCUT2D eigenvalue weighted by Gasteiger charge is 2.34. The Labute approximate surface area is 97.1 Å². The quantitative estimate of drug-likeness (QED) is 0.646. The van der Waals surface area contributed by atoms with Crippen LogP contribution >= 0.6 is 0 Å². The first kappa shape index (κ1) is 15.6. The minimum Gasteiger partial charge on any atom is -0.303 e. The van der Waals surface area contributed by atoms with E-state index in [1.165, 1.54) is 0 Å². The minimum atomic E-state index is -3.71. The van der Waals surface area contributed by atoms with Crippen molar-refractivity contribution in [3.8, 4) is 0 Å². The molecule has 0 spiro atoms. The van der Waals surface area contributed by atoms with E-state index in [9.17, 15) is 21.6 Å². The Morgan fingerprint density at radius 3 is 1.56 bits per heavy atom. The molecular weight excluding hydrogens is 252 g/mol. The summed E-state index contributed by atoms with van der Waals surface area (Å²) in [5, 5.41) is 0. The lowest BCUT2D eigenvalue weighted by molar-refractivity contribution is -0.112. The molecule has 16 heavy (non-hydrogen) atoms. The Morgan fingerprint density at radius 2 is 1.38 bits per heavy atom. The predicted octanol–water partition coefficient (Wildman–Crippen LogP) is 0.263. The molecule has 0 N–H and O–H groups in total. The number of carbonyl (C=O) groups excluding carboxylic acids is 1. The fourth-order valence-electron chi connectivity index (χ4n) is 1.37. The SMILES string of the molecule is CC(C)[C@@H](C=O)CC(S(C)(=O)=O)S(C)(=O)=O. The fraction of sp³-hybridized carbons (Fsp3) is 0.889. The van der Waals surface area contributed by atoms with Crippen LogP contribution in [0.25, 0.3) is 0 Å². The summed E-state index contributed by atoms with van der Waals surface area (Å²) in [4.78, 5) is 10.7. The molecule has 0 radical (unpaired) electrons. The molecule has 0 aliphatic carbocycles. The molecule has 0 amide bonds. The zero-order valence-corrected chi connectivity index (χ0v) is 11.5. The van der Waals surface area contributed by atoms with Crippen molar-refractivity contribution in [1.29, 1.82) is 0 Å². The maximum absolute atomic E-state index is 11.4. The molecule has 0 saturated heterocycles. The lowest BCUT2D eigenvalue weighted by Gasteiger charge is -2.19. The van der Waals surface area contributed by atoms with Crippen molar-refractivity contribution in [2.24, 2.45) is 11.8 Å². The molecule has 7 heteroatoms. The number of rotatable bonds is 6. The lowest BCUT2D eigenvalue weighted by atomic mass is 9.95. The van der Waals surface area contributed by atoms with Crippen molar-refractivity contribution >= 4 is 26.0 Å². The summed E-state index contributed by atoms with van der Waals surface area (Å²) in [6.45, 7) is 3.50. The highest BCUT2D eigenvalue weighted by atomic mass is 32.3. The van der Waals surface area contributed by atoms with E-state index >= 15 is 0 Å². The first-order chi connectivity index (χ1) is 7.00. The summed E-state index contributed by atoms with van der Waals surface area (Å²) in [5.74, 6) is -0.641. The van der Waals surface area contributed by atoms with Crippen molar-refractivity contribution in [2.75, 3.05) is 12.5 Å². The normalized spacial score (nSPS) is 15.4. The molecule has 0 rings (SSSR count). The Kier molecular flexibility index (Phi) is 5.13. The first-order valence-corrected chi connectivity index (χ1v) is 8.74. The van der Waals surface area contributed by atoms with Gasteiger partial charge in [0, 0.05) is 18.4 Å². The van der Waals surface area contributed by atoms with Gasteiger partial charge in [0.05, 0.1) is 0 Å². The van der Waals surface area contributed by atoms with Gasteiger partial charge in [0.1, 0.15) is 6.29 Å². The molecule has 0 aromatic rings. The zero-order valence-electron chi connectivity index (χ0n) is 9.87. The topological polar surface area (TPSA) is 85.3 Å². The minimum absolute atomic E-state index is 0.0801. The van der Waals surface area contributed by atoms with Gasteiger partial charge in [-0.25, -0.2) is 16.8 Å². The maximum Gasteiger partial charge on any atom is 0.164 e. The molecule has 1 atom stereocenters. The average molecular weight is 270 g/mol. The second kappa shape index (κ2) is 5.27. The Balaban J connectivity index is 5.20. The highest BCUT2D eigenvalue weighted by Crippen LogP contribution is 2.21. The van der Waals surface area contributed by atoms with E-state index in [0.717, 1.165) is 12.5 Å². The van der Waals surface area contributed by atoms with E-state index in [2.05, 4.69) is 0 Å². The van der Waals surface area contributed by atoms with Gasteiger partial charge in [-0.1, -0.05) is 13.8 Å². The van der Waals surface area contributed by atoms with E-state index in [-0.39, 0.29) is 12.3 Å². The monoisotopic (exact) mass is 270 g/mol. The third-order valence-electron chi connectivity index (χ3n) is 2.45. The smallest absolute Gasteiger partial charge is 0.164 e. The Morgan fingerprint density at radius 1 is 1.00 bits per heavy atom. The van der Waals surface area contributed by atoms with Crippen LogP contribution in [0.2, 0.25) is 0 Å². The van der Waals surface area contributed by atoms with Crippen molar-refractivity contribution in [3.05, 3.63) is 0 Å². The molecular formula is C9H18O5S2. The average Bonchev–Trinajstić information content (AvgIpc) is 1.99. The van der Waals surface area contributed by atoms with E-state index in [4.69, 9.17) is 0 Å². The van der Waals surface area contributed by atoms with Crippen LogP contribution in [0.1, 0.15) is 20.3 Å². The van der Waals surface area contributed by atoms with Crippen LogP contribution in [0.3, 0.4) is 0 Å². The van der Waals surface area contributed by atoms with Gasteiger partial charge >= 0.3 is 0 Å². The van der Waals surface area contributed by atoms with E-state index < -0.39 is 30.2 Å². The summed E-state index contributed by atoms with van der Waals surface area (Å²) in [5.41, 5.74) is 0. The Bertz CT molecular complexity index is 401. The zero-order chi connectivity index (χ0) is 13.1. The van der Waals surface area contributed by atoms with Crippen molar-refractivity contribution < 1.29 is 21.6 Å². The predicted molar refractivity (Wildman–Crippen MR) is 62.5 cm³/mol. The lowest BCUT2D eigenvalue weighted by Crippen LogP contribution is -2.32. The third kappa shape index (κ3) is 4.61. The van der Waals surface area contributed by atoms with Crippen LogP contribution in [0, 0.1) is 11.8 Å². The second-order valence-corrected chi connectivity index (χ2v) is 9.12. The molecule has 0 aliphatic heterocycles. The third-order valence-corrected chi connectivity index (χ3v) is 6.84. The number of aldehydes is 1. The van der Waals surface area contributed by atoms with Gasteiger partial charge in [-0.3, -0.25) is 0 Å². The number of hydrogen-bond donors (Lipinski definition) is 0. The van der Waals surface area contributed by atoms with E-state index in [1.807, 2.05) is 0 Å². The summed E-state index contributed by atoms with van der Waals surface area (Å²) in [7, 11) is -7.42. The van der Waals surface area contributed by atoms with Crippen LogP contribution in [0.15, 0.2) is 0 Å². The number of sulfone groups is 2. The van der Waals surface area contributed by atoms with Crippen LogP contribution in [0.5, 0.6) is 0 Å². The highest BCUT2D eigenvalue weighted by molar-refractivity contribution is 8.08. The molecule has 0 aromatic carbocycles. The van der Waals surface area contributed by atoms with Gasteiger partial charge in [-0.2, -0.15) is 0 Å². The maximum atomic E-state index is 11.4. The van der Waals surface area contributed by atoms with Crippen LogP contribution in [0.4, 0.5) is 0 Å². The molecule has 5 nitrogen and oxygen atoms in total. The molecule has 0 aliphatic rings. The summed E-state index contributed by atoms with van der Waals surface area (Å²) in [6.07, 6.45) is 2.20. The second-order valence-electron chi connectivity index (χ2n) is 4.37. The molecule has 0 fully saturated rings. The van der Waals surface area contributed by atoms with Crippen molar-refractivity contribution in [2.45, 2.75) is 24.9 Å². The first-order valence-electron chi connectivity index (χ1n) is 4.83. The van der Waals surface area contributed by atoms with Crippen molar-refractivity contribution in [1.82, 2.24) is 0 Å². The summed E-state index contributed by atoms with van der Waals surface area (Å²) >= 11 is 0. The van der Waals surface area contributed by atoms with Gasteiger partial charge < -0.3 is 4.79 Å². The molecule has 0 saturated carbocycles. The van der Waals surface area contributed by atoms with E-state index in [1.54, 1.807) is 13.8 Å². The summed E-state index contributed by atoms with van der Waals surface area (Å²) in [6, 6.07) is 0.